The molecule has 1 unspecified atom stereocenters. The third kappa shape index (κ3) is 4.97. The Labute approximate surface area is 192 Å². The van der Waals surface area contributed by atoms with Crippen LogP contribution in [0.4, 0.5) is 0 Å². The number of rotatable bonds is 7. The SMILES string of the molecule is O=C(O)c1cc2ccccc2n1Cc1cn(CC2CN(Cc3ccccc3)CCCO2)nn1. The Hall–Kier alpha value is -3.49. The quantitative estimate of drug-likeness (QED) is 0.470. The minimum atomic E-state index is -0.955. The molecule has 33 heavy (non-hydrogen) atoms. The van der Waals surface area contributed by atoms with Gasteiger partial charge in [-0.25, -0.2) is 9.48 Å². The Morgan fingerprint density at radius 2 is 1.91 bits per heavy atom. The van der Waals surface area contributed by atoms with Gasteiger partial charge in [0.05, 0.1) is 25.4 Å². The Kier molecular flexibility index (Phi) is 6.19. The number of aromatic nitrogens is 4. The van der Waals surface area contributed by atoms with Gasteiger partial charge in [-0.2, -0.15) is 0 Å². The molecule has 1 aliphatic heterocycles. The predicted octanol–water partition coefficient (Wildman–Crippen LogP) is 3.27. The molecular formula is C25H27N5O3. The van der Waals surface area contributed by atoms with Crippen molar-refractivity contribution in [1.29, 1.82) is 0 Å². The fourth-order valence-electron chi connectivity index (χ4n) is 4.49. The molecule has 1 atom stereocenters. The van der Waals surface area contributed by atoms with Crippen molar-refractivity contribution < 1.29 is 14.6 Å². The van der Waals surface area contributed by atoms with Crippen LogP contribution in [0.5, 0.6) is 0 Å². The second-order valence-corrected chi connectivity index (χ2v) is 8.48. The number of hydrogen-bond acceptors (Lipinski definition) is 5. The molecule has 170 valence electrons. The fourth-order valence-corrected chi connectivity index (χ4v) is 4.49. The van der Waals surface area contributed by atoms with Crippen LogP contribution in [-0.2, 0) is 24.4 Å². The highest BCUT2D eigenvalue weighted by molar-refractivity contribution is 5.94. The van der Waals surface area contributed by atoms with Gasteiger partial charge in [0.15, 0.2) is 0 Å². The highest BCUT2D eigenvalue weighted by Gasteiger charge is 2.21. The van der Waals surface area contributed by atoms with Crippen molar-refractivity contribution in [3.63, 3.8) is 0 Å². The number of carboxylic acids is 1. The van der Waals surface area contributed by atoms with Gasteiger partial charge < -0.3 is 14.4 Å². The molecule has 0 saturated carbocycles. The number of para-hydroxylation sites is 1. The molecule has 2 aromatic carbocycles. The smallest absolute Gasteiger partial charge is 0.352 e. The first-order valence-corrected chi connectivity index (χ1v) is 11.2. The monoisotopic (exact) mass is 445 g/mol. The maximum Gasteiger partial charge on any atom is 0.352 e. The van der Waals surface area contributed by atoms with E-state index in [9.17, 15) is 9.90 Å². The molecule has 0 bridgehead atoms. The van der Waals surface area contributed by atoms with E-state index < -0.39 is 5.97 Å². The summed E-state index contributed by atoms with van der Waals surface area (Å²) >= 11 is 0. The van der Waals surface area contributed by atoms with Crippen molar-refractivity contribution in [2.24, 2.45) is 0 Å². The average Bonchev–Trinajstić information content (AvgIpc) is 3.34. The van der Waals surface area contributed by atoms with E-state index in [1.54, 1.807) is 15.3 Å². The average molecular weight is 446 g/mol. The van der Waals surface area contributed by atoms with E-state index in [4.69, 9.17) is 4.74 Å². The minimum absolute atomic E-state index is 0.0211. The van der Waals surface area contributed by atoms with Crippen molar-refractivity contribution in [3.8, 4) is 0 Å². The molecule has 1 N–H and O–H groups in total. The molecule has 8 heteroatoms. The molecule has 0 spiro atoms. The number of aromatic carboxylic acids is 1. The number of carbonyl (C=O) groups is 1. The summed E-state index contributed by atoms with van der Waals surface area (Å²) in [6.45, 7) is 4.43. The van der Waals surface area contributed by atoms with Gasteiger partial charge >= 0.3 is 5.97 Å². The van der Waals surface area contributed by atoms with Crippen molar-refractivity contribution in [2.45, 2.75) is 32.2 Å². The normalized spacial score (nSPS) is 17.3. The van der Waals surface area contributed by atoms with Crippen LogP contribution in [0.2, 0.25) is 0 Å². The van der Waals surface area contributed by atoms with E-state index in [1.165, 1.54) is 5.56 Å². The summed E-state index contributed by atoms with van der Waals surface area (Å²) in [6.07, 6.45) is 2.91. The molecule has 0 amide bonds. The maximum atomic E-state index is 11.8. The molecule has 2 aromatic heterocycles. The Morgan fingerprint density at radius 3 is 2.76 bits per heavy atom. The van der Waals surface area contributed by atoms with Crippen LogP contribution in [0, 0.1) is 0 Å². The highest BCUT2D eigenvalue weighted by atomic mass is 16.5. The van der Waals surface area contributed by atoms with Crippen LogP contribution < -0.4 is 0 Å². The molecule has 1 fully saturated rings. The molecule has 1 aliphatic rings. The summed E-state index contributed by atoms with van der Waals surface area (Å²) in [7, 11) is 0. The summed E-state index contributed by atoms with van der Waals surface area (Å²) < 4.78 is 9.66. The first-order chi connectivity index (χ1) is 16.2. The number of benzene rings is 2. The van der Waals surface area contributed by atoms with Crippen molar-refractivity contribution in [2.75, 3.05) is 19.7 Å². The van der Waals surface area contributed by atoms with Gasteiger partial charge in [-0.05, 0) is 24.1 Å². The Balaban J connectivity index is 1.28. The maximum absolute atomic E-state index is 11.8. The second kappa shape index (κ2) is 9.56. The van der Waals surface area contributed by atoms with Crippen LogP contribution in [0.25, 0.3) is 10.9 Å². The van der Waals surface area contributed by atoms with Crippen LogP contribution in [0.1, 0.15) is 28.2 Å². The fraction of sp³-hybridized carbons (Fsp3) is 0.320. The van der Waals surface area contributed by atoms with Gasteiger partial charge in [-0.3, -0.25) is 4.90 Å². The molecule has 5 rings (SSSR count). The van der Waals surface area contributed by atoms with E-state index in [2.05, 4.69) is 39.5 Å². The first kappa shape index (κ1) is 21.4. The van der Waals surface area contributed by atoms with Gasteiger partial charge in [-0.1, -0.05) is 53.7 Å². The molecule has 0 radical (unpaired) electrons. The van der Waals surface area contributed by atoms with Gasteiger partial charge in [0.1, 0.15) is 11.4 Å². The van der Waals surface area contributed by atoms with Crippen molar-refractivity contribution >= 4 is 16.9 Å². The summed E-state index contributed by atoms with van der Waals surface area (Å²) in [5, 5.41) is 19.1. The molecular weight excluding hydrogens is 418 g/mol. The standard InChI is InChI=1S/C25H27N5O3/c31-25(32)24-13-20-9-4-5-10-23(20)30(24)16-21-15-29(27-26-21)18-22-17-28(11-6-12-33-22)14-19-7-2-1-3-8-19/h1-5,7-10,13,15,22H,6,11-12,14,16-18H2,(H,31,32). The van der Waals surface area contributed by atoms with Gasteiger partial charge in [0.25, 0.3) is 0 Å². The molecule has 0 aliphatic carbocycles. The van der Waals surface area contributed by atoms with Crippen molar-refractivity contribution in [3.05, 3.63) is 83.8 Å². The highest BCUT2D eigenvalue weighted by Crippen LogP contribution is 2.21. The van der Waals surface area contributed by atoms with Crippen molar-refractivity contribution in [1.82, 2.24) is 24.5 Å². The van der Waals surface area contributed by atoms with Crippen LogP contribution >= 0.6 is 0 Å². The second-order valence-electron chi connectivity index (χ2n) is 8.48. The number of nitrogens with zero attached hydrogens (tertiary/aromatic N) is 5. The third-order valence-electron chi connectivity index (χ3n) is 6.01. The van der Waals surface area contributed by atoms with Gasteiger partial charge in [-0.15, -0.1) is 5.10 Å². The van der Waals surface area contributed by atoms with Gasteiger partial charge in [0.2, 0.25) is 0 Å². The Morgan fingerprint density at radius 1 is 1.09 bits per heavy atom. The van der Waals surface area contributed by atoms with E-state index in [-0.39, 0.29) is 11.8 Å². The summed E-state index contributed by atoms with van der Waals surface area (Å²) in [5.74, 6) is -0.955. The zero-order valence-electron chi connectivity index (χ0n) is 18.4. The van der Waals surface area contributed by atoms with Crippen LogP contribution in [0.3, 0.4) is 0 Å². The van der Waals surface area contributed by atoms with E-state index in [0.29, 0.717) is 18.8 Å². The van der Waals surface area contributed by atoms with Gasteiger partial charge in [0, 0.05) is 37.1 Å². The summed E-state index contributed by atoms with van der Waals surface area (Å²) in [5.41, 5.74) is 3.13. The van der Waals surface area contributed by atoms with E-state index in [0.717, 1.165) is 43.6 Å². The minimum Gasteiger partial charge on any atom is -0.477 e. The zero-order valence-corrected chi connectivity index (χ0v) is 18.4. The molecule has 3 heterocycles. The van der Waals surface area contributed by atoms with Crippen LogP contribution in [0.15, 0.2) is 66.9 Å². The number of carboxylic acid groups (broad SMARTS) is 1. The lowest BCUT2D eigenvalue weighted by atomic mass is 10.2. The molecule has 4 aromatic rings. The third-order valence-corrected chi connectivity index (χ3v) is 6.01. The number of fused-ring (bicyclic) bond motifs is 1. The number of ether oxygens (including phenoxy) is 1. The molecule has 8 nitrogen and oxygen atoms in total. The summed E-state index contributed by atoms with van der Waals surface area (Å²) in [4.78, 5) is 14.2. The molecule has 1 saturated heterocycles. The van der Waals surface area contributed by atoms with E-state index in [1.807, 2.05) is 36.5 Å². The first-order valence-electron chi connectivity index (χ1n) is 11.2. The zero-order chi connectivity index (χ0) is 22.6. The number of hydrogen-bond donors (Lipinski definition) is 1. The lowest BCUT2D eigenvalue weighted by Crippen LogP contribution is -2.34. The lowest BCUT2D eigenvalue weighted by molar-refractivity contribution is 0.0387. The summed E-state index contributed by atoms with van der Waals surface area (Å²) in [6, 6.07) is 19.8. The van der Waals surface area contributed by atoms with E-state index >= 15 is 0 Å². The lowest BCUT2D eigenvalue weighted by Gasteiger charge is -2.23. The van der Waals surface area contributed by atoms with Crippen LogP contribution in [-0.4, -0.2) is 61.3 Å². The topological polar surface area (TPSA) is 85.4 Å². The Bertz CT molecular complexity index is 1230. The predicted molar refractivity (Wildman–Crippen MR) is 124 cm³/mol. The largest absolute Gasteiger partial charge is 0.477 e.